The van der Waals surface area contributed by atoms with E-state index in [9.17, 15) is 9.59 Å². The lowest BCUT2D eigenvalue weighted by molar-refractivity contribution is -0.136. The molecule has 172 valence electrons. The van der Waals surface area contributed by atoms with Gasteiger partial charge in [0.05, 0.1) is 22.3 Å². The summed E-state index contributed by atoms with van der Waals surface area (Å²) in [5.41, 5.74) is 6.66. The zero-order valence-electron chi connectivity index (χ0n) is 18.4. The second-order valence-electron chi connectivity index (χ2n) is 7.84. The third-order valence-corrected chi connectivity index (χ3v) is 6.40. The molecule has 0 spiro atoms. The molecule has 5 rings (SSSR count). The summed E-state index contributed by atoms with van der Waals surface area (Å²) in [5.74, 6) is -0.853. The third kappa shape index (κ3) is 5.02. The Morgan fingerprint density at radius 3 is 2.14 bits per heavy atom. The first-order chi connectivity index (χ1) is 17.1. The van der Waals surface area contributed by atoms with E-state index < -0.39 is 5.97 Å². The molecule has 0 aliphatic carbocycles. The van der Waals surface area contributed by atoms with Gasteiger partial charge in [0.25, 0.3) is 0 Å². The second-order valence-corrected chi connectivity index (χ2v) is 8.72. The number of carboxylic acid groups (broad SMARTS) is 1. The Kier molecular flexibility index (Phi) is 6.19. The fraction of sp³-hybridized carbons (Fsp3) is 0.0370. The van der Waals surface area contributed by atoms with Gasteiger partial charge in [-0.25, -0.2) is 14.8 Å². The minimum absolute atomic E-state index is 0.00422. The maximum atomic E-state index is 12.3. The smallest absolute Gasteiger partial charge is 0.323 e. The van der Waals surface area contributed by atoms with Gasteiger partial charge >= 0.3 is 12.0 Å². The molecule has 2 heterocycles. The number of anilines is 2. The molecule has 0 saturated carbocycles. The lowest BCUT2D eigenvalue weighted by Crippen LogP contribution is -2.19. The van der Waals surface area contributed by atoms with Crippen molar-refractivity contribution in [1.82, 2.24) is 9.97 Å². The Morgan fingerprint density at radius 1 is 0.800 bits per heavy atom. The zero-order valence-corrected chi connectivity index (χ0v) is 19.3. The van der Waals surface area contributed by atoms with Gasteiger partial charge in [-0.1, -0.05) is 54.6 Å². The highest BCUT2D eigenvalue weighted by Gasteiger charge is 2.14. The Morgan fingerprint density at radius 2 is 1.46 bits per heavy atom. The molecule has 7 nitrogen and oxygen atoms in total. The van der Waals surface area contributed by atoms with E-state index in [-0.39, 0.29) is 12.5 Å². The van der Waals surface area contributed by atoms with Gasteiger partial charge in [-0.05, 0) is 35.4 Å². The van der Waals surface area contributed by atoms with Crippen molar-refractivity contribution in [2.75, 3.05) is 10.6 Å². The molecule has 0 unspecified atom stereocenters. The van der Waals surface area contributed by atoms with E-state index in [0.717, 1.165) is 43.9 Å². The minimum atomic E-state index is -0.853. The lowest BCUT2D eigenvalue weighted by Gasteiger charge is -2.09. The molecule has 8 heteroatoms. The molecule has 3 aromatic carbocycles. The number of nitrogens with one attached hydrogen (secondary N) is 2. The maximum absolute atomic E-state index is 12.3. The Labute approximate surface area is 205 Å². The highest BCUT2D eigenvalue weighted by atomic mass is 32.1. The summed E-state index contributed by atoms with van der Waals surface area (Å²) >= 11 is 1.56. The van der Waals surface area contributed by atoms with Gasteiger partial charge in [-0.3, -0.25) is 4.79 Å². The van der Waals surface area contributed by atoms with Crippen LogP contribution in [0, 0.1) is 0 Å². The molecule has 0 fully saturated rings. The maximum Gasteiger partial charge on any atom is 0.323 e. The van der Waals surface area contributed by atoms with E-state index in [1.165, 1.54) is 0 Å². The van der Waals surface area contributed by atoms with Crippen LogP contribution in [0.1, 0.15) is 5.56 Å². The lowest BCUT2D eigenvalue weighted by atomic mass is 10.0. The molecule has 0 radical (unpaired) electrons. The first-order valence-electron chi connectivity index (χ1n) is 10.8. The molecule has 2 aromatic heterocycles. The standard InChI is InChI=1S/C27H20N4O3S/c32-23(33)14-17-6-8-18(9-7-17)22-15-35-26-24(28-16-29-25(22)26)19-10-12-21(13-11-19)31-27(34)30-20-4-2-1-3-5-20/h1-13,15-16H,14H2,(H,32,33)(H2,30,31,34). The van der Waals surface area contributed by atoms with Crippen LogP contribution in [-0.4, -0.2) is 27.1 Å². The van der Waals surface area contributed by atoms with Crippen LogP contribution < -0.4 is 10.6 Å². The van der Waals surface area contributed by atoms with Gasteiger partial charge < -0.3 is 15.7 Å². The number of amides is 2. The number of nitrogens with zero attached hydrogens (tertiary/aromatic N) is 2. The van der Waals surface area contributed by atoms with Gasteiger partial charge in [-0.2, -0.15) is 0 Å². The fourth-order valence-electron chi connectivity index (χ4n) is 3.76. The summed E-state index contributed by atoms with van der Waals surface area (Å²) in [7, 11) is 0. The third-order valence-electron chi connectivity index (χ3n) is 5.42. The summed E-state index contributed by atoms with van der Waals surface area (Å²) in [6.07, 6.45) is 1.54. The van der Waals surface area contributed by atoms with Crippen molar-refractivity contribution < 1.29 is 14.7 Å². The molecule has 2 amide bonds. The molecule has 5 aromatic rings. The molecule has 0 bridgehead atoms. The highest BCUT2D eigenvalue weighted by Crippen LogP contribution is 2.37. The van der Waals surface area contributed by atoms with E-state index >= 15 is 0 Å². The molecule has 0 aliphatic heterocycles. The zero-order chi connectivity index (χ0) is 24.2. The predicted molar refractivity (Wildman–Crippen MR) is 139 cm³/mol. The molecule has 0 saturated heterocycles. The van der Waals surface area contributed by atoms with Crippen LogP contribution in [0.3, 0.4) is 0 Å². The SMILES string of the molecule is O=C(O)Cc1ccc(-c2csc3c(-c4ccc(NC(=O)Nc5ccccc5)cc4)ncnc23)cc1. The molecule has 3 N–H and O–H groups in total. The van der Waals surface area contributed by atoms with E-state index in [1.807, 2.05) is 84.2 Å². The number of hydrogen-bond donors (Lipinski definition) is 3. The minimum Gasteiger partial charge on any atom is -0.481 e. The summed E-state index contributed by atoms with van der Waals surface area (Å²) < 4.78 is 0.958. The number of carboxylic acids is 1. The summed E-state index contributed by atoms with van der Waals surface area (Å²) in [4.78, 5) is 32.2. The molecular weight excluding hydrogens is 460 g/mol. The van der Waals surface area contributed by atoms with Crippen molar-refractivity contribution in [3.63, 3.8) is 0 Å². The Hall–Kier alpha value is -4.56. The van der Waals surface area contributed by atoms with Crippen LogP contribution in [0.25, 0.3) is 32.6 Å². The molecule has 35 heavy (non-hydrogen) atoms. The van der Waals surface area contributed by atoms with Crippen LogP contribution in [0.15, 0.2) is 90.6 Å². The number of carbonyl (C=O) groups is 2. The van der Waals surface area contributed by atoms with Crippen LogP contribution >= 0.6 is 11.3 Å². The van der Waals surface area contributed by atoms with Crippen molar-refractivity contribution in [2.45, 2.75) is 6.42 Å². The van der Waals surface area contributed by atoms with Gasteiger partial charge in [0, 0.05) is 27.9 Å². The van der Waals surface area contributed by atoms with Crippen LogP contribution in [0.4, 0.5) is 16.2 Å². The van der Waals surface area contributed by atoms with E-state index in [4.69, 9.17) is 5.11 Å². The summed E-state index contributed by atoms with van der Waals surface area (Å²) in [6, 6.07) is 23.9. The quantitative estimate of drug-likeness (QED) is 0.265. The number of urea groups is 1. The topological polar surface area (TPSA) is 104 Å². The average molecular weight is 481 g/mol. The normalized spacial score (nSPS) is 10.7. The largest absolute Gasteiger partial charge is 0.481 e. The first kappa shape index (κ1) is 22.2. The van der Waals surface area contributed by atoms with Crippen molar-refractivity contribution in [3.05, 3.63) is 96.1 Å². The number of para-hydroxylation sites is 1. The van der Waals surface area contributed by atoms with E-state index in [0.29, 0.717) is 5.69 Å². The summed E-state index contributed by atoms with van der Waals surface area (Å²) in [6.45, 7) is 0. The second kappa shape index (κ2) is 9.74. The number of aliphatic carboxylic acids is 1. The number of benzene rings is 3. The molecular formula is C27H20N4O3S. The molecule has 0 aliphatic rings. The van der Waals surface area contributed by atoms with E-state index in [2.05, 4.69) is 20.6 Å². The number of thiophene rings is 1. The summed E-state index contributed by atoms with van der Waals surface area (Å²) in [5, 5.41) is 16.6. The van der Waals surface area contributed by atoms with E-state index in [1.54, 1.807) is 17.7 Å². The monoisotopic (exact) mass is 480 g/mol. The fourth-order valence-corrected chi connectivity index (χ4v) is 4.80. The van der Waals surface area contributed by atoms with Crippen molar-refractivity contribution in [3.8, 4) is 22.4 Å². The van der Waals surface area contributed by atoms with Crippen molar-refractivity contribution >= 4 is 44.9 Å². The number of hydrogen-bond acceptors (Lipinski definition) is 5. The van der Waals surface area contributed by atoms with Gasteiger partial charge in [0.1, 0.15) is 6.33 Å². The van der Waals surface area contributed by atoms with Gasteiger partial charge in [0.2, 0.25) is 0 Å². The number of fused-ring (bicyclic) bond motifs is 1. The predicted octanol–water partition coefficient (Wildman–Crippen LogP) is 6.30. The highest BCUT2D eigenvalue weighted by molar-refractivity contribution is 7.18. The first-order valence-corrected chi connectivity index (χ1v) is 11.7. The Balaban J connectivity index is 1.36. The number of aromatic nitrogens is 2. The van der Waals surface area contributed by atoms with Crippen LogP contribution in [0.2, 0.25) is 0 Å². The van der Waals surface area contributed by atoms with Gasteiger partial charge in [-0.15, -0.1) is 11.3 Å². The van der Waals surface area contributed by atoms with Crippen LogP contribution in [0.5, 0.6) is 0 Å². The van der Waals surface area contributed by atoms with Crippen molar-refractivity contribution in [2.24, 2.45) is 0 Å². The molecule has 0 atom stereocenters. The van der Waals surface area contributed by atoms with Crippen LogP contribution in [-0.2, 0) is 11.2 Å². The number of carbonyl (C=O) groups excluding carboxylic acids is 1. The van der Waals surface area contributed by atoms with Crippen molar-refractivity contribution in [1.29, 1.82) is 0 Å². The average Bonchev–Trinajstić information content (AvgIpc) is 3.30. The Bertz CT molecular complexity index is 1500. The number of rotatable bonds is 6. The van der Waals surface area contributed by atoms with Gasteiger partial charge in [0.15, 0.2) is 0 Å².